The second-order valence-electron chi connectivity index (χ2n) is 3.36. The van der Waals surface area contributed by atoms with E-state index in [1.165, 1.54) is 18.2 Å². The van der Waals surface area contributed by atoms with Crippen LogP contribution in [-0.2, 0) is 10.1 Å². The fourth-order valence-electron chi connectivity index (χ4n) is 1.02. The minimum atomic E-state index is -6.57. The zero-order valence-corrected chi connectivity index (χ0v) is 14.1. The van der Waals surface area contributed by atoms with E-state index in [4.69, 9.17) is 0 Å². The van der Waals surface area contributed by atoms with E-state index in [9.17, 15) is 30.5 Å². The molecule has 0 bridgehead atoms. The van der Waals surface area contributed by atoms with Gasteiger partial charge in [-0.2, -0.15) is 17.6 Å². The fraction of sp³-hybridized carbons (Fsp3) is 0.200. The first-order valence-electron chi connectivity index (χ1n) is 4.64. The Morgan fingerprint density at radius 2 is 1.60 bits per heavy atom. The average molecular weight is 338 g/mol. The number of hydrogen-bond acceptors (Lipinski definition) is 4. The van der Waals surface area contributed by atoms with Gasteiger partial charge >= 0.3 is 62.7 Å². The van der Waals surface area contributed by atoms with Crippen molar-refractivity contribution in [3.8, 4) is 5.75 Å². The van der Waals surface area contributed by atoms with Gasteiger partial charge in [0.2, 0.25) is 0 Å². The maximum absolute atomic E-state index is 13.0. The summed E-state index contributed by atoms with van der Waals surface area (Å²) in [4.78, 5) is 0. The second-order valence-corrected chi connectivity index (χ2v) is 4.78. The normalized spacial score (nSPS) is 12.4. The summed E-state index contributed by atoms with van der Waals surface area (Å²) in [6.45, 7) is 3.38. The Morgan fingerprint density at radius 3 is 1.95 bits per heavy atom. The van der Waals surface area contributed by atoms with Crippen LogP contribution in [0.3, 0.4) is 0 Å². The van der Waals surface area contributed by atoms with Crippen molar-refractivity contribution in [2.24, 2.45) is 0 Å². The molecule has 106 valence electrons. The molecule has 1 aromatic carbocycles. The molecule has 0 saturated heterocycles. The minimum Gasteiger partial charge on any atom is -0.743 e. The molecule has 0 spiro atoms. The van der Waals surface area contributed by atoms with E-state index in [1.54, 1.807) is 0 Å². The van der Waals surface area contributed by atoms with Crippen LogP contribution in [0.2, 0.25) is 0 Å². The summed E-state index contributed by atoms with van der Waals surface area (Å²) in [6.07, 6.45) is -4.12. The van der Waals surface area contributed by atoms with Crippen molar-refractivity contribution in [3.05, 3.63) is 36.4 Å². The molecule has 0 N–H and O–H groups in total. The molecule has 1 rings (SSSR count). The van der Waals surface area contributed by atoms with Crippen molar-refractivity contribution < 1.29 is 86.7 Å². The summed E-state index contributed by atoms with van der Waals surface area (Å²) in [5.74, 6) is -0.723. The van der Waals surface area contributed by atoms with E-state index in [0.29, 0.717) is 5.56 Å². The zero-order chi connectivity index (χ0) is 14.9. The molecular formula is C10H7F4KO4S. The monoisotopic (exact) mass is 338 g/mol. The van der Waals surface area contributed by atoms with Crippen molar-refractivity contribution in [3.63, 3.8) is 0 Å². The molecule has 4 nitrogen and oxygen atoms in total. The predicted octanol–water partition coefficient (Wildman–Crippen LogP) is -0.557. The van der Waals surface area contributed by atoms with E-state index in [1.807, 2.05) is 0 Å². The van der Waals surface area contributed by atoms with Gasteiger partial charge < -0.3 is 9.29 Å². The van der Waals surface area contributed by atoms with Gasteiger partial charge in [0, 0.05) is 0 Å². The number of benzene rings is 1. The van der Waals surface area contributed by atoms with Crippen LogP contribution < -0.4 is 56.1 Å². The Morgan fingerprint density at radius 1 is 1.15 bits per heavy atom. The zero-order valence-electron chi connectivity index (χ0n) is 10.1. The summed E-state index contributed by atoms with van der Waals surface area (Å²) in [6, 6.07) is 4.25. The van der Waals surface area contributed by atoms with E-state index in [-0.39, 0.29) is 51.4 Å². The van der Waals surface area contributed by atoms with E-state index < -0.39 is 27.2 Å². The first-order chi connectivity index (χ1) is 8.51. The maximum atomic E-state index is 13.0. The third-order valence-electron chi connectivity index (χ3n) is 2.01. The molecule has 0 aromatic heterocycles. The Labute approximate surface area is 155 Å². The largest absolute Gasteiger partial charge is 1.00 e. The van der Waals surface area contributed by atoms with E-state index in [2.05, 4.69) is 11.3 Å². The number of halogens is 4. The SMILES string of the molecule is C=Cc1ccc(OC(F)(F)C(F)(F)S(=O)(=O)[O-])cc1.[K+]. The van der Waals surface area contributed by atoms with Gasteiger partial charge in [-0.15, -0.1) is 0 Å². The minimum absolute atomic E-state index is 0. The van der Waals surface area contributed by atoms with Crippen molar-refractivity contribution in [1.82, 2.24) is 0 Å². The van der Waals surface area contributed by atoms with Crippen LogP contribution in [0, 0.1) is 0 Å². The molecule has 0 fully saturated rings. The van der Waals surface area contributed by atoms with Crippen LogP contribution >= 0.6 is 0 Å². The quantitative estimate of drug-likeness (QED) is 0.410. The molecule has 20 heavy (non-hydrogen) atoms. The molecule has 0 aliphatic rings. The number of alkyl halides is 4. The van der Waals surface area contributed by atoms with Gasteiger partial charge in [-0.3, -0.25) is 0 Å². The predicted molar refractivity (Wildman–Crippen MR) is 56.8 cm³/mol. The molecule has 0 saturated carbocycles. The van der Waals surface area contributed by atoms with Crippen LogP contribution in [0.4, 0.5) is 17.6 Å². The third-order valence-corrected chi connectivity index (χ3v) is 2.88. The van der Waals surface area contributed by atoms with Gasteiger partial charge in [-0.25, -0.2) is 8.42 Å². The molecule has 1 aromatic rings. The number of hydrogen-bond donors (Lipinski definition) is 0. The first kappa shape index (κ1) is 20.0. The Kier molecular flexibility index (Phi) is 6.87. The fourth-order valence-corrected chi connectivity index (χ4v) is 1.36. The Balaban J connectivity index is 0.00000361. The third kappa shape index (κ3) is 4.26. The molecule has 0 aliphatic heterocycles. The molecule has 0 atom stereocenters. The number of ether oxygens (including phenoxy) is 1. The van der Waals surface area contributed by atoms with Crippen LogP contribution in [0.25, 0.3) is 6.08 Å². The van der Waals surface area contributed by atoms with Gasteiger partial charge in [0.05, 0.1) is 0 Å². The molecule has 0 amide bonds. The summed E-state index contributed by atoms with van der Waals surface area (Å²) < 4.78 is 85.4. The van der Waals surface area contributed by atoms with Crippen LogP contribution in [0.5, 0.6) is 5.75 Å². The van der Waals surface area contributed by atoms with Gasteiger partial charge in [0.15, 0.2) is 10.1 Å². The molecule has 0 radical (unpaired) electrons. The Bertz CT molecular complexity index is 571. The van der Waals surface area contributed by atoms with Crippen LogP contribution in [-0.4, -0.2) is 24.3 Å². The summed E-state index contributed by atoms with van der Waals surface area (Å²) in [5.41, 5.74) is 0.499. The molecule has 0 unspecified atom stereocenters. The maximum Gasteiger partial charge on any atom is 1.00 e. The number of rotatable bonds is 5. The molecular weight excluding hydrogens is 331 g/mol. The van der Waals surface area contributed by atoms with Gasteiger partial charge in [0.25, 0.3) is 0 Å². The summed E-state index contributed by atoms with van der Waals surface area (Å²) >= 11 is 0. The smallest absolute Gasteiger partial charge is 0.743 e. The summed E-state index contributed by atoms with van der Waals surface area (Å²) in [7, 11) is -6.57. The van der Waals surface area contributed by atoms with Gasteiger partial charge in [-0.05, 0) is 17.7 Å². The van der Waals surface area contributed by atoms with Gasteiger partial charge in [-0.1, -0.05) is 24.8 Å². The summed E-state index contributed by atoms with van der Waals surface area (Å²) in [5, 5.41) is -5.88. The topological polar surface area (TPSA) is 66.4 Å². The average Bonchev–Trinajstić information content (AvgIpc) is 2.28. The Hall–Kier alpha value is 0.0264. The standard InChI is InChI=1S/C10H8F4O4S.K/c1-2-7-3-5-8(6-4-7)18-9(11,12)10(13,14)19(15,16)17;/h2-6H,1H2,(H,15,16,17);/q;+1/p-1. The first-order valence-corrected chi connectivity index (χ1v) is 6.04. The van der Waals surface area contributed by atoms with Crippen molar-refractivity contribution in [2.75, 3.05) is 0 Å². The molecule has 0 heterocycles. The van der Waals surface area contributed by atoms with Crippen LogP contribution in [0.1, 0.15) is 5.56 Å². The van der Waals surface area contributed by atoms with E-state index in [0.717, 1.165) is 12.1 Å². The van der Waals surface area contributed by atoms with Crippen molar-refractivity contribution >= 4 is 16.2 Å². The van der Waals surface area contributed by atoms with Crippen molar-refractivity contribution in [1.29, 1.82) is 0 Å². The molecule has 10 heteroatoms. The van der Waals surface area contributed by atoms with E-state index >= 15 is 0 Å². The van der Waals surface area contributed by atoms with Crippen LogP contribution in [0.15, 0.2) is 30.8 Å². The molecule has 0 aliphatic carbocycles. The second kappa shape index (κ2) is 6.86. The van der Waals surface area contributed by atoms with Gasteiger partial charge in [0.1, 0.15) is 5.75 Å². The van der Waals surface area contributed by atoms with Crippen molar-refractivity contribution in [2.45, 2.75) is 11.4 Å².